The summed E-state index contributed by atoms with van der Waals surface area (Å²) in [4.78, 5) is 4.56. The molecule has 2 aromatic rings. The first-order valence-electron chi connectivity index (χ1n) is 6.78. The molecule has 0 atom stereocenters. The van der Waals surface area contributed by atoms with Crippen LogP contribution < -0.4 is 5.73 Å². The second-order valence-electron chi connectivity index (χ2n) is 4.63. The summed E-state index contributed by atoms with van der Waals surface area (Å²) in [7, 11) is 0. The molecule has 0 fully saturated rings. The maximum Gasteiger partial charge on any atom is 0.131 e. The Labute approximate surface area is 113 Å². The minimum Gasteiger partial charge on any atom is -0.383 e. The lowest BCUT2D eigenvalue weighted by Crippen LogP contribution is -2.06. The first-order valence-corrected chi connectivity index (χ1v) is 6.78. The third kappa shape index (κ3) is 2.78. The number of benzene rings is 1. The first-order chi connectivity index (χ1) is 9.17. The van der Waals surface area contributed by atoms with Crippen LogP contribution in [-0.2, 0) is 13.0 Å². The normalized spacial score (nSPS) is 10.9. The number of hydrogen-bond acceptors (Lipinski definition) is 2. The van der Waals surface area contributed by atoms with Gasteiger partial charge in [-0.1, -0.05) is 32.4 Å². The Hall–Kier alpha value is -1.84. The van der Waals surface area contributed by atoms with Crippen molar-refractivity contribution in [3.63, 3.8) is 0 Å². The fourth-order valence-electron chi connectivity index (χ4n) is 2.20. The maximum atomic E-state index is 13.3. The van der Waals surface area contributed by atoms with Crippen molar-refractivity contribution in [1.29, 1.82) is 0 Å². The number of nitrogens with two attached hydrogens (primary N) is 1. The Morgan fingerprint density at radius 2 is 2.11 bits per heavy atom. The van der Waals surface area contributed by atoms with Gasteiger partial charge in [0.2, 0.25) is 0 Å². The minimum atomic E-state index is -0.266. The molecule has 2 N–H and O–H groups in total. The summed E-state index contributed by atoms with van der Waals surface area (Å²) in [5.74, 6) is 1.33. The summed E-state index contributed by atoms with van der Waals surface area (Å²) >= 11 is 0. The third-order valence-corrected chi connectivity index (χ3v) is 3.24. The van der Waals surface area contributed by atoms with Gasteiger partial charge in [-0.15, -0.1) is 0 Å². The number of aromatic nitrogens is 2. The van der Waals surface area contributed by atoms with E-state index in [0.717, 1.165) is 37.2 Å². The minimum absolute atomic E-state index is 0.266. The van der Waals surface area contributed by atoms with E-state index in [-0.39, 0.29) is 5.82 Å². The van der Waals surface area contributed by atoms with Gasteiger partial charge in [0.25, 0.3) is 0 Å². The molecule has 0 saturated heterocycles. The van der Waals surface area contributed by atoms with Crippen molar-refractivity contribution in [1.82, 2.24) is 9.55 Å². The van der Waals surface area contributed by atoms with E-state index in [1.165, 1.54) is 12.1 Å². The highest BCUT2D eigenvalue weighted by atomic mass is 19.1. The molecule has 0 spiro atoms. The molecular formula is C15H20FN3. The molecule has 4 heteroatoms. The van der Waals surface area contributed by atoms with Crippen LogP contribution in [0.25, 0.3) is 11.3 Å². The van der Waals surface area contributed by atoms with Crippen LogP contribution in [-0.4, -0.2) is 9.55 Å². The maximum absolute atomic E-state index is 13.3. The van der Waals surface area contributed by atoms with Crippen LogP contribution in [0, 0.1) is 5.82 Å². The van der Waals surface area contributed by atoms with Crippen LogP contribution in [0.4, 0.5) is 10.2 Å². The van der Waals surface area contributed by atoms with E-state index >= 15 is 0 Å². The van der Waals surface area contributed by atoms with Crippen molar-refractivity contribution in [2.45, 2.75) is 39.7 Å². The summed E-state index contributed by atoms with van der Waals surface area (Å²) in [5.41, 5.74) is 7.61. The molecule has 1 aromatic heterocycles. The zero-order chi connectivity index (χ0) is 13.8. The van der Waals surface area contributed by atoms with Crippen molar-refractivity contribution in [2.24, 2.45) is 0 Å². The van der Waals surface area contributed by atoms with Crippen molar-refractivity contribution < 1.29 is 4.39 Å². The SMILES string of the molecule is CCCCn1c(CC)nc(-c2cccc(F)c2)c1N. The van der Waals surface area contributed by atoms with Gasteiger partial charge in [-0.25, -0.2) is 9.37 Å². The topological polar surface area (TPSA) is 43.8 Å². The number of aryl methyl sites for hydroxylation is 1. The molecule has 0 amide bonds. The molecule has 0 radical (unpaired) electrons. The summed E-state index contributed by atoms with van der Waals surface area (Å²) in [6, 6.07) is 6.42. The summed E-state index contributed by atoms with van der Waals surface area (Å²) in [6.07, 6.45) is 3.00. The average molecular weight is 261 g/mol. The van der Waals surface area contributed by atoms with E-state index in [1.54, 1.807) is 6.07 Å². The summed E-state index contributed by atoms with van der Waals surface area (Å²) in [5, 5.41) is 0. The Bertz CT molecular complexity index is 561. The number of anilines is 1. The van der Waals surface area contributed by atoms with Crippen LogP contribution in [0.15, 0.2) is 24.3 Å². The van der Waals surface area contributed by atoms with E-state index in [1.807, 2.05) is 10.6 Å². The molecule has 19 heavy (non-hydrogen) atoms. The molecule has 3 nitrogen and oxygen atoms in total. The molecule has 0 bridgehead atoms. The molecule has 0 aliphatic rings. The van der Waals surface area contributed by atoms with Crippen molar-refractivity contribution in [3.05, 3.63) is 35.9 Å². The van der Waals surface area contributed by atoms with Crippen LogP contribution in [0.1, 0.15) is 32.5 Å². The quantitative estimate of drug-likeness (QED) is 0.893. The van der Waals surface area contributed by atoms with Gasteiger partial charge in [-0.2, -0.15) is 0 Å². The van der Waals surface area contributed by atoms with Crippen molar-refractivity contribution >= 4 is 5.82 Å². The van der Waals surface area contributed by atoms with Crippen LogP contribution in [0.5, 0.6) is 0 Å². The van der Waals surface area contributed by atoms with Gasteiger partial charge in [-0.3, -0.25) is 0 Å². The molecule has 0 aliphatic heterocycles. The van der Waals surface area contributed by atoms with E-state index in [2.05, 4.69) is 18.8 Å². The second-order valence-corrected chi connectivity index (χ2v) is 4.63. The molecular weight excluding hydrogens is 241 g/mol. The fraction of sp³-hybridized carbons (Fsp3) is 0.400. The molecule has 0 aliphatic carbocycles. The number of rotatable bonds is 5. The summed E-state index contributed by atoms with van der Waals surface area (Å²) in [6.45, 7) is 5.07. The number of hydrogen-bond donors (Lipinski definition) is 1. The number of nitrogens with zero attached hydrogens (tertiary/aromatic N) is 2. The van der Waals surface area contributed by atoms with E-state index in [9.17, 15) is 4.39 Å². The average Bonchev–Trinajstić information content (AvgIpc) is 2.73. The lowest BCUT2D eigenvalue weighted by Gasteiger charge is -2.07. The highest BCUT2D eigenvalue weighted by Gasteiger charge is 2.15. The highest BCUT2D eigenvalue weighted by Crippen LogP contribution is 2.27. The van der Waals surface area contributed by atoms with Crippen molar-refractivity contribution in [2.75, 3.05) is 5.73 Å². The van der Waals surface area contributed by atoms with E-state index in [0.29, 0.717) is 11.5 Å². The van der Waals surface area contributed by atoms with E-state index < -0.39 is 0 Å². The van der Waals surface area contributed by atoms with Gasteiger partial charge >= 0.3 is 0 Å². The monoisotopic (exact) mass is 261 g/mol. The molecule has 102 valence electrons. The predicted molar refractivity (Wildman–Crippen MR) is 76.3 cm³/mol. The van der Waals surface area contributed by atoms with Crippen LogP contribution in [0.2, 0.25) is 0 Å². The van der Waals surface area contributed by atoms with Crippen molar-refractivity contribution in [3.8, 4) is 11.3 Å². The molecule has 1 heterocycles. The van der Waals surface area contributed by atoms with Gasteiger partial charge < -0.3 is 10.3 Å². The number of imidazole rings is 1. The second kappa shape index (κ2) is 5.87. The predicted octanol–water partition coefficient (Wildman–Crippen LogP) is 3.63. The lowest BCUT2D eigenvalue weighted by molar-refractivity contribution is 0.612. The highest BCUT2D eigenvalue weighted by molar-refractivity contribution is 5.71. The van der Waals surface area contributed by atoms with Gasteiger partial charge in [0.05, 0.1) is 0 Å². The third-order valence-electron chi connectivity index (χ3n) is 3.24. The van der Waals surface area contributed by atoms with Crippen LogP contribution >= 0.6 is 0 Å². The molecule has 0 saturated carbocycles. The zero-order valence-electron chi connectivity index (χ0n) is 11.5. The Morgan fingerprint density at radius 1 is 1.32 bits per heavy atom. The zero-order valence-corrected chi connectivity index (χ0v) is 11.5. The molecule has 2 rings (SSSR count). The molecule has 1 aromatic carbocycles. The van der Waals surface area contributed by atoms with Crippen LogP contribution in [0.3, 0.4) is 0 Å². The number of unbranched alkanes of at least 4 members (excludes halogenated alkanes) is 1. The smallest absolute Gasteiger partial charge is 0.131 e. The number of nitrogen functional groups attached to an aromatic ring is 1. The first kappa shape index (κ1) is 13.6. The van der Waals surface area contributed by atoms with E-state index in [4.69, 9.17) is 5.73 Å². The Morgan fingerprint density at radius 3 is 2.74 bits per heavy atom. The number of halogens is 1. The standard InChI is InChI=1S/C15H20FN3/c1-3-5-9-19-13(4-2)18-14(15(19)17)11-7-6-8-12(16)10-11/h6-8,10H,3-5,9,17H2,1-2H3. The Kier molecular flexibility index (Phi) is 4.20. The Balaban J connectivity index is 2.44. The van der Waals surface area contributed by atoms with Gasteiger partial charge in [-0.05, 0) is 18.6 Å². The van der Waals surface area contributed by atoms with Gasteiger partial charge in [0, 0.05) is 18.5 Å². The lowest BCUT2D eigenvalue weighted by atomic mass is 10.1. The summed E-state index contributed by atoms with van der Waals surface area (Å²) < 4.78 is 15.3. The fourth-order valence-corrected chi connectivity index (χ4v) is 2.20. The largest absolute Gasteiger partial charge is 0.383 e. The van der Waals surface area contributed by atoms with Gasteiger partial charge in [0.15, 0.2) is 0 Å². The molecule has 0 unspecified atom stereocenters. The van der Waals surface area contributed by atoms with Gasteiger partial charge in [0.1, 0.15) is 23.2 Å².